The Balaban J connectivity index is 2.04. The lowest BCUT2D eigenvalue weighted by atomic mass is 10.1. The van der Waals surface area contributed by atoms with Gasteiger partial charge in [0.15, 0.2) is 0 Å². The van der Waals surface area contributed by atoms with Crippen LogP contribution in [0.25, 0.3) is 0 Å². The van der Waals surface area contributed by atoms with Crippen LogP contribution in [0.15, 0.2) is 0 Å². The molecule has 0 saturated heterocycles. The molecule has 1 N–H and O–H groups in total. The quantitative estimate of drug-likeness (QED) is 0.665. The fraction of sp³-hybridized carbons (Fsp3) is 0.692. The molecule has 0 spiro atoms. The van der Waals surface area contributed by atoms with Crippen molar-refractivity contribution in [3.8, 4) is 0 Å². The van der Waals surface area contributed by atoms with Crippen molar-refractivity contribution in [2.75, 3.05) is 0 Å². The summed E-state index contributed by atoms with van der Waals surface area (Å²) in [6, 6.07) is 0.252. The van der Waals surface area contributed by atoms with Gasteiger partial charge < -0.3 is 5.32 Å². The fourth-order valence-electron chi connectivity index (χ4n) is 2.40. The zero-order valence-electron chi connectivity index (χ0n) is 10.8. The fourth-order valence-corrected chi connectivity index (χ4v) is 3.94. The number of halogens is 1. The molecular weight excluding hydrogens is 312 g/mol. The van der Waals surface area contributed by atoms with Gasteiger partial charge in [0.2, 0.25) is 0 Å². The molecule has 1 amide bonds. The standard InChI is InChI=1S/C13H19BrN2OS/c1-8-12(18-9(2)15-8)13(17)16-11-7-5-3-4-6-10(11)14/h10-11H,3-7H2,1-2H3,(H,16,17). The lowest BCUT2D eigenvalue weighted by Crippen LogP contribution is -2.40. The van der Waals surface area contributed by atoms with Crippen LogP contribution in [-0.4, -0.2) is 21.8 Å². The lowest BCUT2D eigenvalue weighted by Gasteiger charge is -2.21. The number of nitrogens with one attached hydrogen (secondary N) is 1. The highest BCUT2D eigenvalue weighted by Crippen LogP contribution is 2.25. The molecule has 2 unspecified atom stereocenters. The molecule has 0 radical (unpaired) electrons. The molecular formula is C13H19BrN2OS. The van der Waals surface area contributed by atoms with Crippen LogP contribution in [0.1, 0.15) is 52.5 Å². The van der Waals surface area contributed by atoms with Gasteiger partial charge in [0, 0.05) is 10.9 Å². The van der Waals surface area contributed by atoms with E-state index in [-0.39, 0.29) is 11.9 Å². The normalized spacial score (nSPS) is 24.6. The first-order valence-electron chi connectivity index (χ1n) is 6.47. The first-order valence-corrected chi connectivity index (χ1v) is 8.20. The maximum absolute atomic E-state index is 12.2. The Bertz CT molecular complexity index is 433. The maximum Gasteiger partial charge on any atom is 0.263 e. The van der Waals surface area contributed by atoms with Gasteiger partial charge in [0.05, 0.1) is 10.7 Å². The molecule has 2 atom stereocenters. The lowest BCUT2D eigenvalue weighted by molar-refractivity contribution is 0.0938. The number of carbonyl (C=O) groups is 1. The Labute approximate surface area is 121 Å². The van der Waals surface area contributed by atoms with Crippen LogP contribution in [0.2, 0.25) is 0 Å². The van der Waals surface area contributed by atoms with Gasteiger partial charge in [-0.05, 0) is 26.7 Å². The highest BCUT2D eigenvalue weighted by atomic mass is 79.9. The predicted octanol–water partition coefficient (Wildman–Crippen LogP) is 3.59. The number of amides is 1. The third-order valence-corrected chi connectivity index (χ3v) is 5.53. The second-order valence-electron chi connectivity index (χ2n) is 4.88. The van der Waals surface area contributed by atoms with E-state index >= 15 is 0 Å². The van der Waals surface area contributed by atoms with Crippen molar-refractivity contribution in [2.45, 2.75) is 56.8 Å². The van der Waals surface area contributed by atoms with E-state index in [0.717, 1.165) is 28.4 Å². The summed E-state index contributed by atoms with van der Waals surface area (Å²) in [6.07, 6.45) is 5.94. The zero-order chi connectivity index (χ0) is 13.1. The summed E-state index contributed by atoms with van der Waals surface area (Å²) in [5.41, 5.74) is 0.842. The molecule has 1 saturated carbocycles. The number of carbonyl (C=O) groups excluding carboxylic acids is 1. The first-order chi connectivity index (χ1) is 8.58. The van der Waals surface area contributed by atoms with Crippen LogP contribution >= 0.6 is 27.3 Å². The number of aromatic nitrogens is 1. The maximum atomic E-state index is 12.2. The van der Waals surface area contributed by atoms with Crippen LogP contribution in [0.4, 0.5) is 0 Å². The van der Waals surface area contributed by atoms with E-state index in [0.29, 0.717) is 4.83 Å². The molecule has 18 heavy (non-hydrogen) atoms. The molecule has 1 aliphatic rings. The monoisotopic (exact) mass is 330 g/mol. The summed E-state index contributed by atoms with van der Waals surface area (Å²) < 4.78 is 0. The SMILES string of the molecule is Cc1nc(C)c(C(=O)NC2CCCCCC2Br)s1. The number of nitrogens with zero attached hydrogens (tertiary/aromatic N) is 1. The minimum absolute atomic E-state index is 0.0365. The van der Waals surface area contributed by atoms with E-state index < -0.39 is 0 Å². The van der Waals surface area contributed by atoms with Crippen LogP contribution in [-0.2, 0) is 0 Å². The second kappa shape index (κ2) is 6.15. The molecule has 0 bridgehead atoms. The van der Waals surface area contributed by atoms with Gasteiger partial charge in [-0.2, -0.15) is 0 Å². The summed E-state index contributed by atoms with van der Waals surface area (Å²) in [5, 5.41) is 4.12. The van der Waals surface area contributed by atoms with Gasteiger partial charge in [0.1, 0.15) is 4.88 Å². The van der Waals surface area contributed by atoms with E-state index in [2.05, 4.69) is 26.2 Å². The molecule has 1 aliphatic carbocycles. The minimum atomic E-state index is 0.0365. The Morgan fingerprint density at radius 1 is 1.33 bits per heavy atom. The molecule has 0 aromatic carbocycles. The average Bonchev–Trinajstić information content (AvgIpc) is 2.52. The van der Waals surface area contributed by atoms with Crippen molar-refractivity contribution in [3.05, 3.63) is 15.6 Å². The Hall–Kier alpha value is -0.420. The van der Waals surface area contributed by atoms with Gasteiger partial charge in [-0.25, -0.2) is 4.98 Å². The molecule has 5 heteroatoms. The van der Waals surface area contributed by atoms with Crippen molar-refractivity contribution in [3.63, 3.8) is 0 Å². The molecule has 1 fully saturated rings. The van der Waals surface area contributed by atoms with E-state index in [9.17, 15) is 4.79 Å². The van der Waals surface area contributed by atoms with Gasteiger partial charge in [-0.15, -0.1) is 11.3 Å². The summed E-state index contributed by atoms with van der Waals surface area (Å²) in [6.45, 7) is 3.84. The summed E-state index contributed by atoms with van der Waals surface area (Å²) >= 11 is 5.18. The van der Waals surface area contributed by atoms with Gasteiger partial charge in [-0.3, -0.25) is 4.79 Å². The van der Waals surface area contributed by atoms with Crippen LogP contribution in [0, 0.1) is 13.8 Å². The van der Waals surface area contributed by atoms with Crippen LogP contribution in [0.5, 0.6) is 0 Å². The molecule has 1 aromatic rings. The van der Waals surface area contributed by atoms with Crippen molar-refractivity contribution >= 4 is 33.2 Å². The number of hydrogen-bond acceptors (Lipinski definition) is 3. The van der Waals surface area contributed by atoms with Gasteiger partial charge in [-0.1, -0.05) is 35.2 Å². The molecule has 1 aromatic heterocycles. The van der Waals surface area contributed by atoms with Crippen molar-refractivity contribution < 1.29 is 4.79 Å². The molecule has 3 nitrogen and oxygen atoms in total. The van der Waals surface area contributed by atoms with E-state index in [1.807, 2.05) is 13.8 Å². The third-order valence-electron chi connectivity index (χ3n) is 3.36. The predicted molar refractivity (Wildman–Crippen MR) is 78.6 cm³/mol. The Kier molecular flexibility index (Phi) is 4.78. The first kappa shape index (κ1) is 14.0. The Morgan fingerprint density at radius 2 is 2.06 bits per heavy atom. The molecule has 0 aliphatic heterocycles. The van der Waals surface area contributed by atoms with Crippen molar-refractivity contribution in [2.24, 2.45) is 0 Å². The van der Waals surface area contributed by atoms with E-state index in [1.54, 1.807) is 0 Å². The summed E-state index contributed by atoms with van der Waals surface area (Å²) in [5.74, 6) is 0.0365. The topological polar surface area (TPSA) is 42.0 Å². The minimum Gasteiger partial charge on any atom is -0.347 e. The van der Waals surface area contributed by atoms with Gasteiger partial charge in [0.25, 0.3) is 5.91 Å². The van der Waals surface area contributed by atoms with Crippen LogP contribution in [0.3, 0.4) is 0 Å². The van der Waals surface area contributed by atoms with Gasteiger partial charge >= 0.3 is 0 Å². The number of thiazole rings is 1. The average molecular weight is 331 g/mol. The summed E-state index contributed by atoms with van der Waals surface area (Å²) in [4.78, 5) is 17.7. The van der Waals surface area contributed by atoms with Crippen LogP contribution < -0.4 is 5.32 Å². The molecule has 1 heterocycles. The van der Waals surface area contributed by atoms with E-state index in [4.69, 9.17) is 0 Å². The third kappa shape index (κ3) is 3.32. The highest BCUT2D eigenvalue weighted by Gasteiger charge is 2.24. The number of alkyl halides is 1. The van der Waals surface area contributed by atoms with E-state index in [1.165, 1.54) is 30.6 Å². The number of hydrogen-bond donors (Lipinski definition) is 1. The highest BCUT2D eigenvalue weighted by molar-refractivity contribution is 9.09. The Morgan fingerprint density at radius 3 is 2.72 bits per heavy atom. The van der Waals surface area contributed by atoms with Crippen molar-refractivity contribution in [1.29, 1.82) is 0 Å². The zero-order valence-corrected chi connectivity index (χ0v) is 13.2. The number of rotatable bonds is 2. The molecule has 2 rings (SSSR count). The van der Waals surface area contributed by atoms with Crippen molar-refractivity contribution in [1.82, 2.24) is 10.3 Å². The summed E-state index contributed by atoms with van der Waals surface area (Å²) in [7, 11) is 0. The molecule has 100 valence electrons. The largest absolute Gasteiger partial charge is 0.347 e. The smallest absolute Gasteiger partial charge is 0.263 e. The number of aryl methyl sites for hydroxylation is 2. The second-order valence-corrected chi connectivity index (χ2v) is 7.26.